The van der Waals surface area contributed by atoms with Crippen molar-refractivity contribution in [1.29, 1.82) is 0 Å². The first-order valence-corrected chi connectivity index (χ1v) is 35.2. The smallest absolute Gasteiger partial charge is 0.306 e. The van der Waals surface area contributed by atoms with Crippen LogP contribution in [0, 0.1) is 0 Å². The van der Waals surface area contributed by atoms with E-state index in [-0.39, 0.29) is 32.0 Å². The Kier molecular flexibility index (Phi) is 57.9. The Morgan fingerprint density at radius 3 is 0.842 bits per heavy atom. The number of hydrogen-bond acceptors (Lipinski definition) is 8. The molecule has 76 heavy (non-hydrogen) atoms. The molecule has 0 aromatic carbocycles. The lowest BCUT2D eigenvalue weighted by atomic mass is 10.0. The summed E-state index contributed by atoms with van der Waals surface area (Å²) in [5.41, 5.74) is 0. The molecule has 0 aliphatic carbocycles. The van der Waals surface area contributed by atoms with Crippen LogP contribution in [0.15, 0.2) is 0 Å². The first kappa shape index (κ1) is 75.0. The second-order valence-corrected chi connectivity index (χ2v) is 26.0. The zero-order valence-corrected chi connectivity index (χ0v) is 52.6. The lowest BCUT2D eigenvalue weighted by Gasteiger charge is -2.28. The number of carbonyl (C=O) groups excluding carboxylic acids is 2. The van der Waals surface area contributed by atoms with Crippen molar-refractivity contribution < 1.29 is 42.1 Å². The van der Waals surface area contributed by atoms with Crippen molar-refractivity contribution in [3.8, 4) is 0 Å². The summed E-state index contributed by atoms with van der Waals surface area (Å²) in [7, 11) is 1.19. The van der Waals surface area contributed by atoms with Crippen LogP contribution in [0.5, 0.6) is 0 Å². The lowest BCUT2D eigenvalue weighted by molar-refractivity contribution is -0.870. The van der Waals surface area contributed by atoms with Crippen LogP contribution in [0.4, 0.5) is 0 Å². The van der Waals surface area contributed by atoms with Gasteiger partial charge in [-0.2, -0.15) is 0 Å². The van der Waals surface area contributed by atoms with Crippen molar-refractivity contribution in [2.45, 2.75) is 367 Å². The van der Waals surface area contributed by atoms with Crippen LogP contribution in [0.1, 0.15) is 361 Å². The first-order valence-electron chi connectivity index (χ1n) is 33.7. The van der Waals surface area contributed by atoms with Crippen molar-refractivity contribution in [2.75, 3.05) is 47.5 Å². The molecular formula is C66H132NO8P. The second kappa shape index (κ2) is 58.7. The van der Waals surface area contributed by atoms with E-state index < -0.39 is 26.5 Å². The van der Waals surface area contributed by atoms with Gasteiger partial charge in [0.2, 0.25) is 0 Å². The summed E-state index contributed by atoms with van der Waals surface area (Å²) < 4.78 is 34.3. The number of ether oxygens (including phenoxy) is 2. The Balaban J connectivity index is 3.91. The van der Waals surface area contributed by atoms with Crippen molar-refractivity contribution >= 4 is 19.8 Å². The normalized spacial score (nSPS) is 13.1. The molecule has 0 saturated heterocycles. The third-order valence-electron chi connectivity index (χ3n) is 15.6. The maximum Gasteiger partial charge on any atom is 0.306 e. The molecule has 0 rings (SSSR count). The maximum atomic E-state index is 12.8. The van der Waals surface area contributed by atoms with Crippen LogP contribution in [0.2, 0.25) is 0 Å². The third kappa shape index (κ3) is 62.2. The monoisotopic (exact) mass is 1100 g/mol. The minimum atomic E-state index is -4.63. The molecule has 9 nitrogen and oxygen atoms in total. The summed E-state index contributed by atoms with van der Waals surface area (Å²) in [4.78, 5) is 37.9. The number of phosphoric acid groups is 1. The highest BCUT2D eigenvalue weighted by Crippen LogP contribution is 2.38. The van der Waals surface area contributed by atoms with Gasteiger partial charge in [-0.3, -0.25) is 14.2 Å². The highest BCUT2D eigenvalue weighted by molar-refractivity contribution is 7.45. The number of quaternary nitrogens is 1. The minimum Gasteiger partial charge on any atom is -0.756 e. The molecule has 0 saturated carbocycles. The molecule has 0 N–H and O–H groups in total. The molecule has 454 valence electrons. The second-order valence-electron chi connectivity index (χ2n) is 24.6. The van der Waals surface area contributed by atoms with Crippen LogP contribution >= 0.6 is 7.82 Å². The Morgan fingerprint density at radius 1 is 0.355 bits per heavy atom. The van der Waals surface area contributed by atoms with E-state index in [4.69, 9.17) is 18.5 Å². The summed E-state index contributed by atoms with van der Waals surface area (Å²) in [6, 6.07) is 0. The quantitative estimate of drug-likeness (QED) is 0.0256. The summed E-state index contributed by atoms with van der Waals surface area (Å²) >= 11 is 0. The van der Waals surface area contributed by atoms with Gasteiger partial charge < -0.3 is 27.9 Å². The van der Waals surface area contributed by atoms with Crippen molar-refractivity contribution in [3.63, 3.8) is 0 Å². The molecule has 0 heterocycles. The maximum absolute atomic E-state index is 12.8. The van der Waals surface area contributed by atoms with Crippen LogP contribution in [-0.4, -0.2) is 70.0 Å². The lowest BCUT2D eigenvalue weighted by Crippen LogP contribution is -2.37. The molecule has 0 aromatic rings. The van der Waals surface area contributed by atoms with Crippen molar-refractivity contribution in [3.05, 3.63) is 0 Å². The fourth-order valence-electron chi connectivity index (χ4n) is 10.4. The Bertz CT molecular complexity index is 1240. The van der Waals surface area contributed by atoms with Crippen LogP contribution in [0.25, 0.3) is 0 Å². The van der Waals surface area contributed by atoms with E-state index in [1.807, 2.05) is 21.1 Å². The number of nitrogens with zero attached hydrogens (tertiary/aromatic N) is 1. The van der Waals surface area contributed by atoms with Gasteiger partial charge in [0.25, 0.3) is 7.82 Å². The number of rotatable bonds is 64. The molecule has 0 aliphatic heterocycles. The Labute approximate surface area is 474 Å². The van der Waals surface area contributed by atoms with Crippen LogP contribution < -0.4 is 4.89 Å². The predicted molar refractivity (Wildman–Crippen MR) is 324 cm³/mol. The van der Waals surface area contributed by atoms with Gasteiger partial charge in [-0.1, -0.05) is 335 Å². The van der Waals surface area contributed by atoms with E-state index in [1.165, 1.54) is 295 Å². The highest BCUT2D eigenvalue weighted by Gasteiger charge is 2.22. The van der Waals surface area contributed by atoms with Gasteiger partial charge in [0.05, 0.1) is 27.7 Å². The number of esters is 2. The van der Waals surface area contributed by atoms with Crippen molar-refractivity contribution in [1.82, 2.24) is 0 Å². The van der Waals surface area contributed by atoms with Gasteiger partial charge in [-0.25, -0.2) is 0 Å². The Morgan fingerprint density at radius 2 is 0.592 bits per heavy atom. The summed E-state index contributed by atoms with van der Waals surface area (Å²) in [5.74, 6) is -0.807. The predicted octanol–water partition coefficient (Wildman–Crippen LogP) is 20.8. The number of hydrogen-bond donors (Lipinski definition) is 0. The molecule has 0 aromatic heterocycles. The molecule has 0 amide bonds. The van der Waals surface area contributed by atoms with E-state index in [0.29, 0.717) is 17.4 Å². The van der Waals surface area contributed by atoms with E-state index in [2.05, 4.69) is 13.8 Å². The van der Waals surface area contributed by atoms with Gasteiger partial charge in [-0.05, 0) is 12.8 Å². The largest absolute Gasteiger partial charge is 0.756 e. The SMILES string of the molecule is CCCCCCCCCCCCCCCCCCCCCCCCCCCCCCCCCCCCCC(=O)OC(COC(=O)CCCCCCCCCCCCCCCCCCC)COP(=O)([O-])OCC[N+](C)(C)C. The number of unbranched alkanes of at least 4 members (excludes halogenated alkanes) is 50. The summed E-state index contributed by atoms with van der Waals surface area (Å²) in [6.45, 7) is 4.32. The zero-order chi connectivity index (χ0) is 55.6. The van der Waals surface area contributed by atoms with E-state index in [0.717, 1.165) is 32.1 Å². The topological polar surface area (TPSA) is 111 Å². The van der Waals surface area contributed by atoms with Gasteiger partial charge in [0.15, 0.2) is 6.10 Å². The number of carbonyl (C=O) groups is 2. The summed E-state index contributed by atoms with van der Waals surface area (Å²) in [5, 5.41) is 0. The van der Waals surface area contributed by atoms with E-state index in [1.54, 1.807) is 0 Å². The number of phosphoric ester groups is 1. The van der Waals surface area contributed by atoms with Gasteiger partial charge in [0.1, 0.15) is 19.8 Å². The molecule has 0 aliphatic rings. The molecule has 2 atom stereocenters. The number of likely N-dealkylation sites (N-methyl/N-ethyl adjacent to an activating group) is 1. The van der Waals surface area contributed by atoms with Crippen molar-refractivity contribution in [2.24, 2.45) is 0 Å². The average molecular weight is 1100 g/mol. The van der Waals surface area contributed by atoms with Gasteiger partial charge >= 0.3 is 11.9 Å². The molecule has 0 radical (unpaired) electrons. The fraction of sp³-hybridized carbons (Fsp3) is 0.970. The zero-order valence-electron chi connectivity index (χ0n) is 51.7. The molecule has 0 spiro atoms. The van der Waals surface area contributed by atoms with E-state index >= 15 is 0 Å². The molecule has 10 heteroatoms. The molecule has 0 bridgehead atoms. The first-order chi connectivity index (χ1) is 37.0. The van der Waals surface area contributed by atoms with Crippen LogP contribution in [0.3, 0.4) is 0 Å². The van der Waals surface area contributed by atoms with Gasteiger partial charge in [0, 0.05) is 12.8 Å². The molecule has 0 fully saturated rings. The van der Waals surface area contributed by atoms with E-state index in [9.17, 15) is 19.0 Å². The average Bonchev–Trinajstić information content (AvgIpc) is 3.38. The third-order valence-corrected chi connectivity index (χ3v) is 16.6. The minimum absolute atomic E-state index is 0.0250. The Hall–Kier alpha value is -0.990. The standard InChI is InChI=1S/C66H132NO8P/c1-6-8-10-12-14-16-18-20-22-24-25-26-27-28-29-30-31-32-33-34-35-36-37-38-39-40-41-43-45-47-49-51-53-55-57-59-66(69)75-64(63-74-76(70,71)73-61-60-67(3,4)5)62-72-65(68)58-56-54-52-50-48-46-44-42-23-21-19-17-15-13-11-9-7-2/h64H,6-63H2,1-5H3. The highest BCUT2D eigenvalue weighted by atomic mass is 31.2. The summed E-state index contributed by atoms with van der Waals surface area (Å²) in [6.07, 6.45) is 69.1. The molecular weight excluding hydrogens is 966 g/mol. The fourth-order valence-corrected chi connectivity index (χ4v) is 11.2. The van der Waals surface area contributed by atoms with Crippen LogP contribution in [-0.2, 0) is 32.7 Å². The molecule has 2 unspecified atom stereocenters. The van der Waals surface area contributed by atoms with Gasteiger partial charge in [-0.15, -0.1) is 0 Å².